The summed E-state index contributed by atoms with van der Waals surface area (Å²) < 4.78 is 6.56. The van der Waals surface area contributed by atoms with Crippen molar-refractivity contribution in [2.75, 3.05) is 0 Å². The van der Waals surface area contributed by atoms with E-state index >= 15 is 0 Å². The summed E-state index contributed by atoms with van der Waals surface area (Å²) >= 11 is 1.18. The average Bonchev–Trinajstić information content (AvgIpc) is 2.90. The molecular weight excluding hydrogens is 256 g/mol. The normalized spacial score (nSPS) is 10.6. The van der Waals surface area contributed by atoms with Crippen molar-refractivity contribution < 1.29 is 9.32 Å². The van der Waals surface area contributed by atoms with Gasteiger partial charge in [0.1, 0.15) is 0 Å². The predicted molar refractivity (Wildman–Crippen MR) is 65.3 cm³/mol. The number of nitrogens with two attached hydrogens (primary N) is 1. The topological polar surface area (TPSA) is 103 Å². The third-order valence-corrected chi connectivity index (χ3v) is 3.61. The van der Waals surface area contributed by atoms with Gasteiger partial charge in [-0.25, -0.2) is 5.84 Å². The highest BCUT2D eigenvalue weighted by atomic mass is 32.1. The molecule has 2 aromatic heterocycles. The number of aryl methyl sites for hydroxylation is 1. The number of carbonyl (C=O) groups is 1. The summed E-state index contributed by atoms with van der Waals surface area (Å²) in [5.41, 5.74) is 2.93. The van der Waals surface area contributed by atoms with Crippen LogP contribution in [0.1, 0.15) is 26.8 Å². The fraction of sp³-hybridized carbons (Fsp3) is 0.300. The summed E-state index contributed by atoms with van der Waals surface area (Å²) in [5, 5.41) is 3.57. The van der Waals surface area contributed by atoms with Crippen LogP contribution >= 0.6 is 11.3 Å². The number of hydrogen-bond donors (Lipinski definition) is 2. The van der Waals surface area contributed by atoms with Gasteiger partial charge >= 0.3 is 4.87 Å². The molecule has 0 radical (unpaired) electrons. The van der Waals surface area contributed by atoms with Crippen LogP contribution in [0.5, 0.6) is 0 Å². The van der Waals surface area contributed by atoms with Gasteiger partial charge < -0.3 is 4.52 Å². The Hall–Kier alpha value is -1.93. The summed E-state index contributed by atoms with van der Waals surface area (Å²) in [6, 6.07) is 1.46. The standard InChI is InChI=1S/C10H12N4O3S/c1-5-6(2)18-10(16)14(5)4-7-3-8(13-17-7)9(15)12-11/h3H,4,11H2,1-2H3,(H,12,15). The largest absolute Gasteiger partial charge is 0.359 e. The Bertz CT molecular complexity index is 640. The molecule has 96 valence electrons. The zero-order valence-corrected chi connectivity index (χ0v) is 10.7. The minimum atomic E-state index is -0.532. The summed E-state index contributed by atoms with van der Waals surface area (Å²) in [6.07, 6.45) is 0. The average molecular weight is 268 g/mol. The highest BCUT2D eigenvalue weighted by Crippen LogP contribution is 2.12. The van der Waals surface area contributed by atoms with E-state index in [0.29, 0.717) is 5.76 Å². The molecule has 7 nitrogen and oxygen atoms in total. The molecule has 0 saturated carbocycles. The summed E-state index contributed by atoms with van der Waals surface area (Å²) in [5.74, 6) is 4.88. The van der Waals surface area contributed by atoms with Crippen LogP contribution in [0.25, 0.3) is 0 Å². The number of rotatable bonds is 3. The molecule has 0 aliphatic carbocycles. The van der Waals surface area contributed by atoms with E-state index in [4.69, 9.17) is 10.4 Å². The van der Waals surface area contributed by atoms with Crippen LogP contribution in [0, 0.1) is 13.8 Å². The Morgan fingerprint density at radius 3 is 2.89 bits per heavy atom. The zero-order valence-electron chi connectivity index (χ0n) is 9.89. The smallest absolute Gasteiger partial charge is 0.307 e. The predicted octanol–water partition coefficient (Wildman–Crippen LogP) is 0.166. The number of hydrogen-bond acceptors (Lipinski definition) is 6. The van der Waals surface area contributed by atoms with E-state index in [1.807, 2.05) is 19.3 Å². The lowest BCUT2D eigenvalue weighted by Gasteiger charge is -2.00. The van der Waals surface area contributed by atoms with Crippen molar-refractivity contribution in [2.45, 2.75) is 20.4 Å². The first-order valence-corrected chi connectivity index (χ1v) is 5.98. The highest BCUT2D eigenvalue weighted by molar-refractivity contribution is 7.09. The molecule has 2 rings (SSSR count). The summed E-state index contributed by atoms with van der Waals surface area (Å²) in [7, 11) is 0. The van der Waals surface area contributed by atoms with Crippen LogP contribution in [0.4, 0.5) is 0 Å². The van der Waals surface area contributed by atoms with Crippen molar-refractivity contribution >= 4 is 17.2 Å². The van der Waals surface area contributed by atoms with Crippen LogP contribution in [-0.2, 0) is 6.54 Å². The SMILES string of the molecule is Cc1sc(=O)n(Cc2cc(C(=O)NN)no2)c1C. The van der Waals surface area contributed by atoms with Crippen LogP contribution in [-0.4, -0.2) is 15.6 Å². The summed E-state index contributed by atoms with van der Waals surface area (Å²) in [6.45, 7) is 3.99. The fourth-order valence-electron chi connectivity index (χ4n) is 1.49. The van der Waals surface area contributed by atoms with Crippen LogP contribution < -0.4 is 16.1 Å². The molecule has 18 heavy (non-hydrogen) atoms. The van der Waals surface area contributed by atoms with Crippen LogP contribution in [0.3, 0.4) is 0 Å². The van der Waals surface area contributed by atoms with E-state index in [0.717, 1.165) is 10.6 Å². The molecule has 2 heterocycles. The van der Waals surface area contributed by atoms with Gasteiger partial charge in [-0.15, -0.1) is 0 Å². The van der Waals surface area contributed by atoms with Gasteiger partial charge in [0.2, 0.25) is 0 Å². The molecule has 0 unspecified atom stereocenters. The molecule has 0 fully saturated rings. The number of thiazole rings is 1. The van der Waals surface area contributed by atoms with Gasteiger partial charge in [0.15, 0.2) is 11.5 Å². The third-order valence-electron chi connectivity index (χ3n) is 2.61. The van der Waals surface area contributed by atoms with Crippen molar-refractivity contribution in [3.05, 3.63) is 37.8 Å². The molecule has 0 atom stereocenters. The minimum Gasteiger partial charge on any atom is -0.359 e. The summed E-state index contributed by atoms with van der Waals surface area (Å²) in [4.78, 5) is 23.8. The van der Waals surface area contributed by atoms with Crippen LogP contribution in [0.2, 0.25) is 0 Å². The number of aromatic nitrogens is 2. The molecule has 8 heteroatoms. The van der Waals surface area contributed by atoms with Crippen molar-refractivity contribution in [1.29, 1.82) is 0 Å². The van der Waals surface area contributed by atoms with Crippen molar-refractivity contribution in [3.8, 4) is 0 Å². The quantitative estimate of drug-likeness (QED) is 0.469. The lowest BCUT2D eigenvalue weighted by Crippen LogP contribution is -2.30. The maximum Gasteiger partial charge on any atom is 0.307 e. The van der Waals surface area contributed by atoms with Crippen LogP contribution in [0.15, 0.2) is 15.4 Å². The number of nitrogens with one attached hydrogen (secondary N) is 1. The molecule has 2 aromatic rings. The molecule has 0 aliphatic rings. The molecular formula is C10H12N4O3S. The maximum absolute atomic E-state index is 11.7. The third kappa shape index (κ3) is 2.20. The van der Waals surface area contributed by atoms with Crippen molar-refractivity contribution in [3.63, 3.8) is 0 Å². The molecule has 0 aliphatic heterocycles. The number of nitrogen functional groups attached to an aromatic ring is 1. The Morgan fingerprint density at radius 2 is 2.33 bits per heavy atom. The molecule has 0 spiro atoms. The van der Waals surface area contributed by atoms with Crippen molar-refractivity contribution in [2.24, 2.45) is 5.84 Å². The van der Waals surface area contributed by atoms with E-state index in [9.17, 15) is 9.59 Å². The fourth-order valence-corrected chi connectivity index (χ4v) is 2.33. The lowest BCUT2D eigenvalue weighted by atomic mass is 10.3. The first-order valence-electron chi connectivity index (χ1n) is 5.16. The lowest BCUT2D eigenvalue weighted by molar-refractivity contribution is 0.0944. The molecule has 0 aromatic carbocycles. The Kier molecular flexibility index (Phi) is 3.30. The number of carbonyl (C=O) groups excluding carboxylic acids is 1. The van der Waals surface area contributed by atoms with Gasteiger partial charge in [-0.1, -0.05) is 16.5 Å². The molecule has 3 N–H and O–H groups in total. The van der Waals surface area contributed by atoms with Gasteiger partial charge in [-0.3, -0.25) is 19.6 Å². The van der Waals surface area contributed by atoms with E-state index in [1.54, 1.807) is 4.57 Å². The first-order chi connectivity index (χ1) is 8.52. The van der Waals surface area contributed by atoms with Gasteiger partial charge in [-0.2, -0.15) is 0 Å². The number of nitrogens with zero attached hydrogens (tertiary/aromatic N) is 2. The van der Waals surface area contributed by atoms with Gasteiger partial charge in [-0.05, 0) is 13.8 Å². The zero-order chi connectivity index (χ0) is 13.3. The van der Waals surface area contributed by atoms with E-state index in [2.05, 4.69) is 5.16 Å². The monoisotopic (exact) mass is 268 g/mol. The van der Waals surface area contributed by atoms with E-state index in [-0.39, 0.29) is 17.1 Å². The van der Waals surface area contributed by atoms with Gasteiger partial charge in [0.25, 0.3) is 5.91 Å². The Balaban J connectivity index is 2.27. The second-order valence-corrected chi connectivity index (χ2v) is 4.91. The minimum absolute atomic E-state index is 0.0637. The van der Waals surface area contributed by atoms with Gasteiger partial charge in [0.05, 0.1) is 6.54 Å². The second kappa shape index (κ2) is 4.75. The molecule has 0 bridgehead atoms. The molecule has 0 saturated heterocycles. The van der Waals surface area contributed by atoms with E-state index < -0.39 is 5.91 Å². The first kappa shape index (κ1) is 12.5. The Morgan fingerprint density at radius 1 is 1.61 bits per heavy atom. The van der Waals surface area contributed by atoms with Gasteiger partial charge in [0, 0.05) is 16.6 Å². The van der Waals surface area contributed by atoms with Crippen molar-refractivity contribution in [1.82, 2.24) is 15.1 Å². The Labute approximate surface area is 106 Å². The highest BCUT2D eigenvalue weighted by Gasteiger charge is 2.14. The second-order valence-electron chi connectivity index (χ2n) is 3.75. The van der Waals surface area contributed by atoms with E-state index in [1.165, 1.54) is 17.4 Å². The number of amides is 1. The molecule has 1 amide bonds. The number of hydrazine groups is 1. The maximum atomic E-state index is 11.7.